The van der Waals surface area contributed by atoms with Crippen molar-refractivity contribution in [3.63, 3.8) is 0 Å². The van der Waals surface area contributed by atoms with Crippen molar-refractivity contribution in [1.29, 1.82) is 0 Å². The van der Waals surface area contributed by atoms with Crippen LogP contribution in [0.3, 0.4) is 0 Å². The molecule has 0 N–H and O–H groups in total. The molecule has 1 rings (SSSR count). The van der Waals surface area contributed by atoms with Crippen LogP contribution in [0.5, 0.6) is 0 Å². The van der Waals surface area contributed by atoms with Crippen molar-refractivity contribution in [1.82, 2.24) is 5.32 Å². The lowest BCUT2D eigenvalue weighted by Crippen LogP contribution is -2.09. The van der Waals surface area contributed by atoms with Crippen molar-refractivity contribution in [2.24, 2.45) is 0 Å². The van der Waals surface area contributed by atoms with Gasteiger partial charge in [-0.2, -0.15) is 0 Å². The summed E-state index contributed by atoms with van der Waals surface area (Å²) in [5.41, 5.74) is 0. The fraction of sp³-hybridized carbons (Fsp3) is 0.571. The van der Waals surface area contributed by atoms with Crippen molar-refractivity contribution >= 4 is 0 Å². The number of hydrogen-bond donors (Lipinski definition) is 0. The van der Waals surface area contributed by atoms with Crippen LogP contribution in [-0.4, -0.2) is 13.1 Å². The first-order valence-corrected chi connectivity index (χ1v) is 3.02. The van der Waals surface area contributed by atoms with Crippen molar-refractivity contribution in [3.05, 3.63) is 18.6 Å². The second-order valence-electron chi connectivity index (χ2n) is 1.85. The molecule has 0 aliphatic carbocycles. The standard InChI is InChI=1S/C7H10N/c1-2-4-6-8-7-5-3-1/h1-2H,3,5-7H2/b2-1-. The van der Waals surface area contributed by atoms with Crippen LogP contribution in [0, 0.1) is 6.42 Å². The molecule has 1 nitrogen and oxygen atoms in total. The second kappa shape index (κ2) is 3.67. The summed E-state index contributed by atoms with van der Waals surface area (Å²) in [5, 5.41) is 4.17. The predicted molar refractivity (Wildman–Crippen MR) is 33.5 cm³/mol. The fourth-order valence-electron chi connectivity index (χ4n) is 0.684. The zero-order valence-corrected chi connectivity index (χ0v) is 4.93. The van der Waals surface area contributed by atoms with Crippen LogP contribution < -0.4 is 5.32 Å². The predicted octanol–water partition coefficient (Wildman–Crippen LogP) is 1.02. The van der Waals surface area contributed by atoms with Crippen molar-refractivity contribution in [2.45, 2.75) is 12.8 Å². The van der Waals surface area contributed by atoms with Gasteiger partial charge in [-0.05, 0) is 12.8 Å². The Hall–Kier alpha value is -0.300. The minimum absolute atomic E-state index is 0.788. The molecule has 0 saturated carbocycles. The van der Waals surface area contributed by atoms with Gasteiger partial charge in [0.2, 0.25) is 0 Å². The Balaban J connectivity index is 2.17. The summed E-state index contributed by atoms with van der Waals surface area (Å²) in [4.78, 5) is 0. The Bertz CT molecular complexity index is 66.5. The minimum Gasteiger partial charge on any atom is -0.241 e. The maximum absolute atomic E-state index is 4.17. The van der Waals surface area contributed by atoms with Gasteiger partial charge in [-0.3, -0.25) is 0 Å². The third-order valence-electron chi connectivity index (χ3n) is 1.13. The monoisotopic (exact) mass is 108 g/mol. The zero-order chi connectivity index (χ0) is 5.66. The topological polar surface area (TPSA) is 14.1 Å². The third-order valence-corrected chi connectivity index (χ3v) is 1.13. The van der Waals surface area contributed by atoms with Gasteiger partial charge in [0.15, 0.2) is 0 Å². The molecule has 0 bridgehead atoms. The van der Waals surface area contributed by atoms with Gasteiger partial charge in [0, 0.05) is 19.5 Å². The van der Waals surface area contributed by atoms with E-state index in [9.17, 15) is 0 Å². The highest BCUT2D eigenvalue weighted by atomic mass is 14.8. The highest BCUT2D eigenvalue weighted by Crippen LogP contribution is 1.94. The zero-order valence-electron chi connectivity index (χ0n) is 4.93. The normalized spacial score (nSPS) is 26.0. The quantitative estimate of drug-likeness (QED) is 0.440. The fourth-order valence-corrected chi connectivity index (χ4v) is 0.684. The molecule has 1 aliphatic rings. The van der Waals surface area contributed by atoms with Crippen LogP contribution in [0.25, 0.3) is 0 Å². The van der Waals surface area contributed by atoms with Gasteiger partial charge in [-0.1, -0.05) is 12.2 Å². The molecule has 3 radical (unpaired) electrons. The summed E-state index contributed by atoms with van der Waals surface area (Å²) >= 11 is 0. The minimum atomic E-state index is 0.788. The Morgan fingerprint density at radius 1 is 1.50 bits per heavy atom. The van der Waals surface area contributed by atoms with E-state index in [2.05, 4.69) is 17.8 Å². The van der Waals surface area contributed by atoms with Gasteiger partial charge in [-0.15, -0.1) is 0 Å². The molecule has 43 valence electrons. The molecular weight excluding hydrogens is 98.1 g/mol. The summed E-state index contributed by atoms with van der Waals surface area (Å²) in [7, 11) is 0. The lowest BCUT2D eigenvalue weighted by atomic mass is 10.2. The highest BCUT2D eigenvalue weighted by Gasteiger charge is 1.90. The van der Waals surface area contributed by atoms with Crippen molar-refractivity contribution < 1.29 is 0 Å². The summed E-state index contributed by atoms with van der Waals surface area (Å²) in [6.45, 7) is 1.80. The van der Waals surface area contributed by atoms with Crippen molar-refractivity contribution in [3.8, 4) is 0 Å². The van der Waals surface area contributed by atoms with Gasteiger partial charge in [0.05, 0.1) is 0 Å². The van der Waals surface area contributed by atoms with Gasteiger partial charge in [0.25, 0.3) is 0 Å². The molecule has 0 aromatic carbocycles. The average Bonchev–Trinajstić information content (AvgIpc) is 1.62. The molecular formula is C7H10N. The first-order chi connectivity index (χ1) is 4.00. The summed E-state index contributed by atoms with van der Waals surface area (Å²) in [5.74, 6) is 0. The molecule has 1 heteroatoms. The maximum Gasteiger partial charge on any atom is 0.0249 e. The van der Waals surface area contributed by atoms with Crippen LogP contribution >= 0.6 is 0 Å². The Morgan fingerprint density at radius 3 is 3.50 bits per heavy atom. The Labute approximate surface area is 50.8 Å². The van der Waals surface area contributed by atoms with E-state index < -0.39 is 0 Å². The second-order valence-corrected chi connectivity index (χ2v) is 1.85. The lowest BCUT2D eigenvalue weighted by molar-refractivity contribution is 0.670. The number of allylic oxidation sites excluding steroid dienone is 1. The van der Waals surface area contributed by atoms with E-state index >= 15 is 0 Å². The molecule has 0 saturated heterocycles. The van der Waals surface area contributed by atoms with E-state index in [1.54, 1.807) is 0 Å². The highest BCUT2D eigenvalue weighted by molar-refractivity contribution is 4.96. The Kier molecular flexibility index (Phi) is 2.68. The van der Waals surface area contributed by atoms with Gasteiger partial charge >= 0.3 is 0 Å². The molecule has 0 spiro atoms. The van der Waals surface area contributed by atoms with Crippen LogP contribution in [-0.2, 0) is 0 Å². The van der Waals surface area contributed by atoms with Gasteiger partial charge in [0.1, 0.15) is 0 Å². The average molecular weight is 108 g/mol. The summed E-state index contributed by atoms with van der Waals surface area (Å²) in [6.07, 6.45) is 9.53. The summed E-state index contributed by atoms with van der Waals surface area (Å²) in [6, 6.07) is 0. The SMILES string of the molecule is [C]1/C=C\CCC[N]C1. The van der Waals surface area contributed by atoms with E-state index in [0.717, 1.165) is 19.5 Å². The van der Waals surface area contributed by atoms with Crippen LogP contribution in [0.4, 0.5) is 0 Å². The van der Waals surface area contributed by atoms with Crippen LogP contribution in [0.2, 0.25) is 0 Å². The van der Waals surface area contributed by atoms with Gasteiger partial charge in [-0.25, -0.2) is 5.32 Å². The van der Waals surface area contributed by atoms with Crippen molar-refractivity contribution in [2.75, 3.05) is 13.1 Å². The number of nitrogens with zero attached hydrogens (tertiary/aromatic N) is 1. The number of hydrogen-bond acceptors (Lipinski definition) is 0. The Morgan fingerprint density at radius 2 is 2.50 bits per heavy atom. The molecule has 1 heterocycles. The molecule has 0 fully saturated rings. The molecule has 1 aliphatic heterocycles. The molecule has 0 aromatic heterocycles. The smallest absolute Gasteiger partial charge is 0.0249 e. The molecule has 0 aromatic rings. The number of rotatable bonds is 0. The lowest BCUT2D eigenvalue weighted by Gasteiger charge is -2.00. The van der Waals surface area contributed by atoms with E-state index in [0.29, 0.717) is 0 Å². The molecule has 0 amide bonds. The molecule has 8 heavy (non-hydrogen) atoms. The van der Waals surface area contributed by atoms with E-state index in [4.69, 9.17) is 0 Å². The molecule has 0 atom stereocenters. The third kappa shape index (κ3) is 2.12. The first kappa shape index (κ1) is 5.83. The largest absolute Gasteiger partial charge is 0.241 e. The van der Waals surface area contributed by atoms with E-state index in [1.165, 1.54) is 6.42 Å². The van der Waals surface area contributed by atoms with E-state index in [-0.39, 0.29) is 0 Å². The van der Waals surface area contributed by atoms with Crippen LogP contribution in [0.15, 0.2) is 12.2 Å². The summed E-state index contributed by atoms with van der Waals surface area (Å²) < 4.78 is 0. The first-order valence-electron chi connectivity index (χ1n) is 3.02. The van der Waals surface area contributed by atoms with Gasteiger partial charge < -0.3 is 0 Å². The van der Waals surface area contributed by atoms with Crippen LogP contribution in [0.1, 0.15) is 12.8 Å². The maximum atomic E-state index is 4.17. The molecule has 0 unspecified atom stereocenters. The van der Waals surface area contributed by atoms with E-state index in [1.807, 2.05) is 6.08 Å².